The molecule has 0 bridgehead atoms. The van der Waals surface area contributed by atoms with E-state index in [2.05, 4.69) is 10.4 Å². The zero-order chi connectivity index (χ0) is 11.6. The van der Waals surface area contributed by atoms with Crippen LogP contribution in [0.3, 0.4) is 0 Å². The molecule has 1 aromatic heterocycles. The number of amides is 1. The minimum absolute atomic E-state index is 0.0507. The first kappa shape index (κ1) is 11.7. The standard InChI is InChI=1S/C10H18N4O/c1-6(10(15)13-11)8(3)14-5-12-7(2)9(14)4/h5-6,8H,11H2,1-4H3,(H,13,15). The Labute approximate surface area is 89.6 Å². The van der Waals surface area contributed by atoms with E-state index in [1.165, 1.54) is 0 Å². The summed E-state index contributed by atoms with van der Waals surface area (Å²) in [7, 11) is 0. The predicted molar refractivity (Wildman–Crippen MR) is 57.9 cm³/mol. The van der Waals surface area contributed by atoms with Crippen LogP contribution in [0, 0.1) is 19.8 Å². The Morgan fingerprint density at radius 1 is 1.53 bits per heavy atom. The number of imidazole rings is 1. The summed E-state index contributed by atoms with van der Waals surface area (Å²) in [5.74, 6) is 4.77. The van der Waals surface area contributed by atoms with Crippen LogP contribution in [-0.4, -0.2) is 15.5 Å². The molecular formula is C10H18N4O. The van der Waals surface area contributed by atoms with Crippen molar-refractivity contribution < 1.29 is 4.79 Å². The van der Waals surface area contributed by atoms with E-state index in [0.717, 1.165) is 11.4 Å². The van der Waals surface area contributed by atoms with E-state index in [9.17, 15) is 4.79 Å². The van der Waals surface area contributed by atoms with Crippen molar-refractivity contribution in [1.82, 2.24) is 15.0 Å². The molecule has 15 heavy (non-hydrogen) atoms. The van der Waals surface area contributed by atoms with Crippen LogP contribution in [0.5, 0.6) is 0 Å². The second kappa shape index (κ2) is 4.44. The number of nitrogens with zero attached hydrogens (tertiary/aromatic N) is 2. The van der Waals surface area contributed by atoms with Gasteiger partial charge in [0.1, 0.15) is 0 Å². The summed E-state index contributed by atoms with van der Waals surface area (Å²) in [6, 6.07) is 0.0507. The maximum Gasteiger partial charge on any atom is 0.238 e. The van der Waals surface area contributed by atoms with Crippen LogP contribution in [0.2, 0.25) is 0 Å². The molecule has 0 spiro atoms. The number of hydrazine groups is 1. The lowest BCUT2D eigenvalue weighted by molar-refractivity contribution is -0.125. The molecule has 2 unspecified atom stereocenters. The highest BCUT2D eigenvalue weighted by Gasteiger charge is 2.22. The van der Waals surface area contributed by atoms with Gasteiger partial charge in [0.05, 0.1) is 17.9 Å². The van der Waals surface area contributed by atoms with Gasteiger partial charge in [0.25, 0.3) is 0 Å². The van der Waals surface area contributed by atoms with Crippen molar-refractivity contribution in [3.63, 3.8) is 0 Å². The van der Waals surface area contributed by atoms with Gasteiger partial charge in [0.2, 0.25) is 5.91 Å². The third-order valence-corrected chi connectivity index (χ3v) is 3.00. The molecular weight excluding hydrogens is 192 g/mol. The van der Waals surface area contributed by atoms with Gasteiger partial charge in [-0.2, -0.15) is 0 Å². The highest BCUT2D eigenvalue weighted by Crippen LogP contribution is 2.20. The quantitative estimate of drug-likeness (QED) is 0.438. The third-order valence-electron chi connectivity index (χ3n) is 3.00. The number of hydrogen-bond acceptors (Lipinski definition) is 3. The van der Waals surface area contributed by atoms with Crippen molar-refractivity contribution in [1.29, 1.82) is 0 Å². The van der Waals surface area contributed by atoms with Gasteiger partial charge >= 0.3 is 0 Å². The van der Waals surface area contributed by atoms with Crippen molar-refractivity contribution in [2.24, 2.45) is 11.8 Å². The van der Waals surface area contributed by atoms with Crippen molar-refractivity contribution >= 4 is 5.91 Å². The highest BCUT2D eigenvalue weighted by atomic mass is 16.2. The molecule has 1 amide bonds. The molecule has 0 saturated heterocycles. The number of hydrogen-bond donors (Lipinski definition) is 2. The van der Waals surface area contributed by atoms with Gasteiger partial charge in [0, 0.05) is 11.7 Å². The monoisotopic (exact) mass is 210 g/mol. The van der Waals surface area contributed by atoms with Crippen LogP contribution in [0.25, 0.3) is 0 Å². The first-order valence-corrected chi connectivity index (χ1v) is 4.99. The largest absolute Gasteiger partial charge is 0.331 e. The number of nitrogens with one attached hydrogen (secondary N) is 1. The van der Waals surface area contributed by atoms with E-state index < -0.39 is 0 Å². The van der Waals surface area contributed by atoms with Gasteiger partial charge in [-0.05, 0) is 20.8 Å². The molecule has 1 rings (SSSR count). The van der Waals surface area contributed by atoms with Gasteiger partial charge in [-0.3, -0.25) is 10.2 Å². The van der Waals surface area contributed by atoms with Gasteiger partial charge in [-0.15, -0.1) is 0 Å². The summed E-state index contributed by atoms with van der Waals surface area (Å²) < 4.78 is 2.00. The van der Waals surface area contributed by atoms with E-state index in [1.54, 1.807) is 6.33 Å². The number of rotatable bonds is 3. The SMILES string of the molecule is Cc1ncn(C(C)C(C)C(=O)NN)c1C. The Morgan fingerprint density at radius 3 is 2.53 bits per heavy atom. The molecule has 1 aromatic rings. The van der Waals surface area contributed by atoms with Crippen LogP contribution >= 0.6 is 0 Å². The number of nitrogens with two attached hydrogens (primary N) is 1. The molecule has 2 atom stereocenters. The first-order valence-electron chi connectivity index (χ1n) is 4.99. The number of aromatic nitrogens is 2. The molecule has 0 aromatic carbocycles. The molecule has 0 aliphatic rings. The maximum absolute atomic E-state index is 11.4. The number of aryl methyl sites for hydroxylation is 1. The maximum atomic E-state index is 11.4. The van der Waals surface area contributed by atoms with Crippen LogP contribution in [0.15, 0.2) is 6.33 Å². The van der Waals surface area contributed by atoms with Crippen LogP contribution in [0.1, 0.15) is 31.3 Å². The van der Waals surface area contributed by atoms with E-state index in [-0.39, 0.29) is 17.9 Å². The zero-order valence-corrected chi connectivity index (χ0v) is 9.61. The second-order valence-corrected chi connectivity index (χ2v) is 3.86. The molecule has 1 heterocycles. The molecule has 0 fully saturated rings. The Bertz CT molecular complexity index is 358. The van der Waals surface area contributed by atoms with Gasteiger partial charge in [-0.1, -0.05) is 6.92 Å². The van der Waals surface area contributed by atoms with Gasteiger partial charge < -0.3 is 4.57 Å². The third kappa shape index (κ3) is 2.18. The van der Waals surface area contributed by atoms with E-state index in [4.69, 9.17) is 5.84 Å². The fourth-order valence-corrected chi connectivity index (χ4v) is 1.52. The Kier molecular flexibility index (Phi) is 3.47. The smallest absolute Gasteiger partial charge is 0.238 e. The molecule has 5 heteroatoms. The molecule has 0 aliphatic heterocycles. The molecule has 3 N–H and O–H groups in total. The summed E-state index contributed by atoms with van der Waals surface area (Å²) in [5, 5.41) is 0. The van der Waals surface area contributed by atoms with Crippen LogP contribution < -0.4 is 11.3 Å². The second-order valence-electron chi connectivity index (χ2n) is 3.86. The van der Waals surface area contributed by atoms with Crippen molar-refractivity contribution in [3.05, 3.63) is 17.7 Å². The lowest BCUT2D eigenvalue weighted by Gasteiger charge is -2.21. The normalized spacial score (nSPS) is 14.7. The first-order chi connectivity index (χ1) is 6.99. The average Bonchev–Trinajstić information content (AvgIpc) is 2.56. The van der Waals surface area contributed by atoms with Gasteiger partial charge in [0.15, 0.2) is 0 Å². The van der Waals surface area contributed by atoms with E-state index in [1.807, 2.05) is 32.3 Å². The summed E-state index contributed by atoms with van der Waals surface area (Å²) >= 11 is 0. The lowest BCUT2D eigenvalue weighted by atomic mass is 10.0. The topological polar surface area (TPSA) is 72.9 Å². The summed E-state index contributed by atoms with van der Waals surface area (Å²) in [4.78, 5) is 15.6. The van der Waals surface area contributed by atoms with E-state index >= 15 is 0 Å². The Hall–Kier alpha value is -1.36. The fourth-order valence-electron chi connectivity index (χ4n) is 1.52. The average molecular weight is 210 g/mol. The van der Waals surface area contributed by atoms with Crippen molar-refractivity contribution in [3.8, 4) is 0 Å². The Balaban J connectivity index is 2.89. The number of carbonyl (C=O) groups excluding carboxylic acids is 1. The fraction of sp³-hybridized carbons (Fsp3) is 0.600. The minimum atomic E-state index is -0.178. The zero-order valence-electron chi connectivity index (χ0n) is 9.61. The molecule has 84 valence electrons. The number of carbonyl (C=O) groups is 1. The van der Waals surface area contributed by atoms with Crippen molar-refractivity contribution in [2.45, 2.75) is 33.7 Å². The summed E-state index contributed by atoms with van der Waals surface area (Å²) in [5.41, 5.74) is 4.24. The summed E-state index contributed by atoms with van der Waals surface area (Å²) in [6.07, 6.45) is 1.76. The minimum Gasteiger partial charge on any atom is -0.331 e. The molecule has 0 saturated carbocycles. The Morgan fingerprint density at radius 2 is 2.13 bits per heavy atom. The van der Waals surface area contributed by atoms with Crippen molar-refractivity contribution in [2.75, 3.05) is 0 Å². The van der Waals surface area contributed by atoms with Gasteiger partial charge in [-0.25, -0.2) is 10.8 Å². The molecule has 0 aliphatic carbocycles. The highest BCUT2D eigenvalue weighted by molar-refractivity contribution is 5.78. The molecule has 0 radical (unpaired) electrons. The van der Waals surface area contributed by atoms with Crippen LogP contribution in [0.4, 0.5) is 0 Å². The molecule has 5 nitrogen and oxygen atoms in total. The summed E-state index contributed by atoms with van der Waals surface area (Å²) in [6.45, 7) is 7.77. The lowest BCUT2D eigenvalue weighted by Crippen LogP contribution is -2.37. The predicted octanol–water partition coefficient (Wildman–Crippen LogP) is 0.687. The van der Waals surface area contributed by atoms with Crippen LogP contribution in [-0.2, 0) is 4.79 Å². The van der Waals surface area contributed by atoms with E-state index in [0.29, 0.717) is 0 Å².